The average Bonchev–Trinajstić information content (AvgIpc) is 2.92. The van der Waals surface area contributed by atoms with Crippen LogP contribution in [0.2, 0.25) is 19.6 Å². The van der Waals surface area contributed by atoms with Gasteiger partial charge in [-0.1, -0.05) is 74.2 Å². The summed E-state index contributed by atoms with van der Waals surface area (Å²) < 4.78 is 5.54. The van der Waals surface area contributed by atoms with Gasteiger partial charge in [-0.25, -0.2) is 4.79 Å². The number of carbonyl (C=O) groups is 1. The highest BCUT2D eigenvalue weighted by molar-refractivity contribution is 6.79. The summed E-state index contributed by atoms with van der Waals surface area (Å²) in [6.07, 6.45) is 1.97. The number of rotatable bonds is 3. The Kier molecular flexibility index (Phi) is 3.92. The fourth-order valence-electron chi connectivity index (χ4n) is 3.26. The lowest BCUT2D eigenvalue weighted by Gasteiger charge is -2.23. The zero-order chi connectivity index (χ0) is 18.3. The molecule has 3 nitrogen and oxygen atoms in total. The molecular formula is C22H21NO2Si. The molecule has 0 spiro atoms. The van der Waals surface area contributed by atoms with Gasteiger partial charge in [-0.3, -0.25) is 0 Å². The number of cyclic esters (lactones) is 1. The zero-order valence-corrected chi connectivity index (χ0v) is 16.2. The van der Waals surface area contributed by atoms with Crippen molar-refractivity contribution in [3.63, 3.8) is 0 Å². The maximum absolute atomic E-state index is 12.1. The van der Waals surface area contributed by atoms with Gasteiger partial charge in [-0.05, 0) is 17.5 Å². The lowest BCUT2D eigenvalue weighted by atomic mass is 10.0. The molecule has 0 aliphatic carbocycles. The molecule has 0 aromatic heterocycles. The standard InChI is InChI=1S/C22H21NO2Si/c1-26(2,3)23-21-16(13-12-15-8-4-5-9-17(15)21)14-20-18-10-6-7-11-19(18)22(24)25-20/h4-14,23H,1-3H3/b20-14-. The summed E-state index contributed by atoms with van der Waals surface area (Å²) in [6, 6.07) is 20.1. The van der Waals surface area contributed by atoms with Gasteiger partial charge in [-0.2, -0.15) is 0 Å². The van der Waals surface area contributed by atoms with E-state index in [1.54, 1.807) is 6.07 Å². The first-order valence-corrected chi connectivity index (χ1v) is 12.3. The van der Waals surface area contributed by atoms with Gasteiger partial charge < -0.3 is 9.72 Å². The largest absolute Gasteiger partial charge is 0.422 e. The fraction of sp³-hybridized carbons (Fsp3) is 0.136. The first-order valence-electron chi connectivity index (χ1n) is 8.76. The summed E-state index contributed by atoms with van der Waals surface area (Å²) in [4.78, 5) is 15.9. The van der Waals surface area contributed by atoms with Crippen LogP contribution in [-0.4, -0.2) is 14.2 Å². The monoisotopic (exact) mass is 359 g/mol. The van der Waals surface area contributed by atoms with Gasteiger partial charge in [0, 0.05) is 22.2 Å². The van der Waals surface area contributed by atoms with Gasteiger partial charge in [0.2, 0.25) is 0 Å². The van der Waals surface area contributed by atoms with Crippen LogP contribution in [0.4, 0.5) is 5.69 Å². The van der Waals surface area contributed by atoms with E-state index < -0.39 is 8.24 Å². The van der Waals surface area contributed by atoms with Crippen LogP contribution in [0.15, 0.2) is 60.7 Å². The Morgan fingerprint density at radius 3 is 2.35 bits per heavy atom. The van der Waals surface area contributed by atoms with Crippen LogP contribution in [0.25, 0.3) is 22.6 Å². The molecule has 1 N–H and O–H groups in total. The predicted octanol–water partition coefficient (Wildman–Crippen LogP) is 5.76. The van der Waals surface area contributed by atoms with Crippen LogP contribution >= 0.6 is 0 Å². The molecule has 0 saturated carbocycles. The molecule has 0 bridgehead atoms. The highest BCUT2D eigenvalue weighted by Crippen LogP contribution is 2.35. The molecule has 4 heteroatoms. The van der Waals surface area contributed by atoms with E-state index in [9.17, 15) is 4.79 Å². The van der Waals surface area contributed by atoms with E-state index in [2.05, 4.69) is 55.0 Å². The Hall–Kier alpha value is -2.85. The first kappa shape index (κ1) is 16.6. The lowest BCUT2D eigenvalue weighted by Crippen LogP contribution is -2.32. The van der Waals surface area contributed by atoms with E-state index in [-0.39, 0.29) is 5.97 Å². The maximum atomic E-state index is 12.1. The summed E-state index contributed by atoms with van der Waals surface area (Å²) in [6.45, 7) is 6.82. The number of nitrogens with one attached hydrogen (secondary N) is 1. The molecule has 130 valence electrons. The molecule has 0 unspecified atom stereocenters. The van der Waals surface area contributed by atoms with Crippen LogP contribution < -0.4 is 4.98 Å². The average molecular weight is 360 g/mol. The third-order valence-corrected chi connectivity index (χ3v) is 5.36. The van der Waals surface area contributed by atoms with Crippen molar-refractivity contribution in [2.45, 2.75) is 19.6 Å². The molecule has 0 fully saturated rings. The second kappa shape index (κ2) is 6.14. The maximum Gasteiger partial charge on any atom is 0.344 e. The highest BCUT2D eigenvalue weighted by atomic mass is 28.3. The minimum atomic E-state index is -1.57. The van der Waals surface area contributed by atoms with Crippen molar-refractivity contribution in [3.8, 4) is 0 Å². The van der Waals surface area contributed by atoms with E-state index in [1.807, 2.05) is 30.3 Å². The van der Waals surface area contributed by atoms with E-state index in [4.69, 9.17) is 4.74 Å². The third kappa shape index (κ3) is 3.04. The molecule has 0 radical (unpaired) electrons. The Morgan fingerprint density at radius 2 is 1.58 bits per heavy atom. The van der Waals surface area contributed by atoms with E-state index in [1.165, 1.54) is 10.8 Å². The molecule has 3 aromatic carbocycles. The van der Waals surface area contributed by atoms with Crippen LogP contribution in [0.3, 0.4) is 0 Å². The van der Waals surface area contributed by atoms with Crippen LogP contribution in [0.5, 0.6) is 0 Å². The van der Waals surface area contributed by atoms with Gasteiger partial charge in [0.25, 0.3) is 0 Å². The quantitative estimate of drug-likeness (QED) is 0.477. The molecule has 0 amide bonds. The van der Waals surface area contributed by atoms with Crippen molar-refractivity contribution in [3.05, 3.63) is 77.4 Å². The predicted molar refractivity (Wildman–Crippen MR) is 111 cm³/mol. The summed E-state index contributed by atoms with van der Waals surface area (Å²) in [7, 11) is -1.57. The molecule has 1 aliphatic heterocycles. The number of esters is 1. The highest BCUT2D eigenvalue weighted by Gasteiger charge is 2.26. The lowest BCUT2D eigenvalue weighted by molar-refractivity contribution is 0.0717. The van der Waals surface area contributed by atoms with Crippen molar-refractivity contribution < 1.29 is 9.53 Å². The van der Waals surface area contributed by atoms with Gasteiger partial charge >= 0.3 is 5.97 Å². The summed E-state index contributed by atoms with van der Waals surface area (Å²) >= 11 is 0. The number of fused-ring (bicyclic) bond motifs is 2. The minimum Gasteiger partial charge on any atom is -0.422 e. The summed E-state index contributed by atoms with van der Waals surface area (Å²) in [5, 5.41) is 2.38. The second-order valence-electron chi connectivity index (χ2n) is 7.57. The van der Waals surface area contributed by atoms with E-state index in [0.717, 1.165) is 16.8 Å². The van der Waals surface area contributed by atoms with Gasteiger partial charge in [-0.15, -0.1) is 0 Å². The smallest absolute Gasteiger partial charge is 0.344 e. The SMILES string of the molecule is C[Si](C)(C)Nc1c(/C=C2\OC(=O)c3ccccc32)ccc2ccccc12. The molecule has 1 aliphatic rings. The number of hydrogen-bond acceptors (Lipinski definition) is 3. The Balaban J connectivity index is 1.90. The number of hydrogen-bond donors (Lipinski definition) is 1. The third-order valence-electron chi connectivity index (χ3n) is 4.36. The van der Waals surface area contributed by atoms with Crippen molar-refractivity contribution in [2.75, 3.05) is 4.98 Å². The summed E-state index contributed by atoms with van der Waals surface area (Å²) in [5.74, 6) is 0.326. The van der Waals surface area contributed by atoms with Crippen molar-refractivity contribution >= 4 is 42.5 Å². The van der Waals surface area contributed by atoms with E-state index >= 15 is 0 Å². The molecule has 4 rings (SSSR count). The molecule has 26 heavy (non-hydrogen) atoms. The van der Waals surface area contributed by atoms with E-state index in [0.29, 0.717) is 11.3 Å². The first-order chi connectivity index (χ1) is 12.4. The van der Waals surface area contributed by atoms with Gasteiger partial charge in [0.1, 0.15) is 14.0 Å². The molecule has 0 atom stereocenters. The minimum absolute atomic E-state index is 0.285. The summed E-state index contributed by atoms with van der Waals surface area (Å²) in [5.41, 5.74) is 3.62. The normalized spacial score (nSPS) is 15.2. The number of carbonyl (C=O) groups excluding carboxylic acids is 1. The molecule has 3 aromatic rings. The number of ether oxygens (including phenoxy) is 1. The van der Waals surface area contributed by atoms with Crippen LogP contribution in [0, 0.1) is 0 Å². The van der Waals surface area contributed by atoms with Crippen molar-refractivity contribution in [2.24, 2.45) is 0 Å². The second-order valence-corrected chi connectivity index (χ2v) is 12.3. The number of benzene rings is 3. The Bertz CT molecular complexity index is 1050. The zero-order valence-electron chi connectivity index (χ0n) is 15.2. The topological polar surface area (TPSA) is 38.3 Å². The molecule has 1 heterocycles. The molecule has 0 saturated heterocycles. The van der Waals surface area contributed by atoms with Crippen molar-refractivity contribution in [1.82, 2.24) is 0 Å². The van der Waals surface area contributed by atoms with Crippen LogP contribution in [-0.2, 0) is 4.74 Å². The fourth-order valence-corrected chi connectivity index (χ4v) is 4.29. The Morgan fingerprint density at radius 1 is 0.885 bits per heavy atom. The van der Waals surface area contributed by atoms with Gasteiger partial charge in [0.15, 0.2) is 0 Å². The molecular weight excluding hydrogens is 338 g/mol. The van der Waals surface area contributed by atoms with Crippen molar-refractivity contribution in [1.29, 1.82) is 0 Å². The Labute approximate surface area is 154 Å². The van der Waals surface area contributed by atoms with Gasteiger partial charge in [0.05, 0.1) is 5.56 Å². The van der Waals surface area contributed by atoms with Crippen LogP contribution in [0.1, 0.15) is 21.5 Å². The number of anilines is 1.